The van der Waals surface area contributed by atoms with E-state index in [1.807, 2.05) is 55.5 Å². The Balaban J connectivity index is 1.39. The Kier molecular flexibility index (Phi) is 7.86. The van der Waals surface area contributed by atoms with Crippen LogP contribution in [0.25, 0.3) is 5.76 Å². The number of aliphatic hydroxyl groups excluding tert-OH is 1. The van der Waals surface area contributed by atoms with Crippen LogP contribution in [-0.2, 0) is 20.9 Å². The number of hydrogen-bond acceptors (Lipinski definition) is 6. The van der Waals surface area contributed by atoms with Crippen LogP contribution in [0.15, 0.2) is 84.4 Å². The van der Waals surface area contributed by atoms with E-state index < -0.39 is 17.7 Å². The molecule has 0 spiro atoms. The van der Waals surface area contributed by atoms with Crippen molar-refractivity contribution in [2.24, 2.45) is 0 Å². The summed E-state index contributed by atoms with van der Waals surface area (Å²) in [7, 11) is 0. The molecule has 1 N–H and O–H groups in total. The number of Topliss-reactive ketones (excluding diaryl/α,β-unsaturated/α-hetero) is 1. The van der Waals surface area contributed by atoms with Crippen LogP contribution in [0.2, 0.25) is 0 Å². The summed E-state index contributed by atoms with van der Waals surface area (Å²) in [5.74, 6) is -0.796. The van der Waals surface area contributed by atoms with E-state index in [0.717, 1.165) is 24.2 Å². The van der Waals surface area contributed by atoms with Gasteiger partial charge in [-0.2, -0.15) is 0 Å². The Hall–Kier alpha value is -3.94. The van der Waals surface area contributed by atoms with Crippen LogP contribution >= 0.6 is 0 Å². The number of ether oxygens (including phenoxy) is 2. The van der Waals surface area contributed by atoms with Gasteiger partial charge >= 0.3 is 0 Å². The molecule has 38 heavy (non-hydrogen) atoms. The van der Waals surface area contributed by atoms with E-state index in [9.17, 15) is 14.7 Å². The molecule has 0 saturated carbocycles. The molecule has 3 aromatic rings. The number of ketones is 1. The van der Waals surface area contributed by atoms with Crippen molar-refractivity contribution >= 4 is 17.4 Å². The normalized spacial score (nSPS) is 19.6. The Morgan fingerprint density at radius 3 is 2.39 bits per heavy atom. The van der Waals surface area contributed by atoms with E-state index in [1.54, 1.807) is 29.2 Å². The van der Waals surface area contributed by atoms with Gasteiger partial charge in [-0.15, -0.1) is 0 Å². The van der Waals surface area contributed by atoms with E-state index in [4.69, 9.17) is 9.47 Å². The van der Waals surface area contributed by atoms with Gasteiger partial charge < -0.3 is 19.5 Å². The number of carbonyl (C=O) groups excluding carboxylic acids is 2. The molecule has 2 fully saturated rings. The lowest BCUT2D eigenvalue weighted by Gasteiger charge is -2.31. The Morgan fingerprint density at radius 2 is 1.68 bits per heavy atom. The number of amides is 1. The predicted molar refractivity (Wildman–Crippen MR) is 145 cm³/mol. The van der Waals surface area contributed by atoms with Crippen LogP contribution in [0.3, 0.4) is 0 Å². The largest absolute Gasteiger partial charge is 0.507 e. The van der Waals surface area contributed by atoms with Gasteiger partial charge in [-0.1, -0.05) is 60.2 Å². The van der Waals surface area contributed by atoms with Crippen molar-refractivity contribution in [2.45, 2.75) is 19.6 Å². The third kappa shape index (κ3) is 5.64. The topological polar surface area (TPSA) is 79.3 Å². The highest BCUT2D eigenvalue weighted by atomic mass is 16.5. The summed E-state index contributed by atoms with van der Waals surface area (Å²) < 4.78 is 11.3. The van der Waals surface area contributed by atoms with Crippen LogP contribution in [-0.4, -0.2) is 66.0 Å². The minimum absolute atomic E-state index is 0.108. The van der Waals surface area contributed by atoms with Gasteiger partial charge in [0.05, 0.1) is 24.8 Å². The fourth-order valence-electron chi connectivity index (χ4n) is 5.00. The lowest BCUT2D eigenvalue weighted by atomic mass is 9.95. The number of carbonyl (C=O) groups is 2. The highest BCUT2D eigenvalue weighted by molar-refractivity contribution is 6.46. The number of rotatable bonds is 8. The SMILES string of the molecule is Cc1cccc(COc2ccc(C(O)=C3C(=O)C(=O)N(CCN4CCOCC4)C3c3ccccc3)cc2)c1. The number of benzene rings is 3. The van der Waals surface area contributed by atoms with Gasteiger partial charge in [0.2, 0.25) is 0 Å². The minimum atomic E-state index is -0.668. The molecule has 2 aliphatic heterocycles. The first-order chi connectivity index (χ1) is 18.5. The summed E-state index contributed by atoms with van der Waals surface area (Å²) in [4.78, 5) is 30.2. The van der Waals surface area contributed by atoms with Crippen LogP contribution in [0.5, 0.6) is 5.75 Å². The highest BCUT2D eigenvalue weighted by Crippen LogP contribution is 2.39. The molecule has 0 aromatic heterocycles. The molecule has 3 aromatic carbocycles. The van der Waals surface area contributed by atoms with E-state index in [0.29, 0.717) is 44.2 Å². The van der Waals surface area contributed by atoms with Crippen LogP contribution in [0.4, 0.5) is 0 Å². The zero-order valence-corrected chi connectivity index (χ0v) is 21.5. The molecule has 0 bridgehead atoms. The highest BCUT2D eigenvalue weighted by Gasteiger charge is 2.46. The summed E-state index contributed by atoms with van der Waals surface area (Å²) in [6, 6.07) is 23.8. The Labute approximate surface area is 222 Å². The second-order valence-corrected chi connectivity index (χ2v) is 9.66. The predicted octanol–water partition coefficient (Wildman–Crippen LogP) is 4.33. The Morgan fingerprint density at radius 1 is 0.947 bits per heavy atom. The fourth-order valence-corrected chi connectivity index (χ4v) is 5.00. The zero-order chi connectivity index (χ0) is 26.5. The van der Waals surface area contributed by atoms with Gasteiger partial charge in [0.1, 0.15) is 18.1 Å². The molecule has 1 amide bonds. The molecule has 5 rings (SSSR count). The molecule has 1 unspecified atom stereocenters. The van der Waals surface area contributed by atoms with Crippen molar-refractivity contribution in [3.63, 3.8) is 0 Å². The van der Waals surface area contributed by atoms with Crippen LogP contribution in [0, 0.1) is 6.92 Å². The molecule has 7 heteroatoms. The van der Waals surface area contributed by atoms with Crippen molar-refractivity contribution < 1.29 is 24.2 Å². The van der Waals surface area contributed by atoms with Crippen LogP contribution < -0.4 is 4.74 Å². The van der Waals surface area contributed by atoms with Crippen molar-refractivity contribution in [2.75, 3.05) is 39.4 Å². The number of likely N-dealkylation sites (tertiary alicyclic amines) is 1. The average Bonchev–Trinajstić information content (AvgIpc) is 3.21. The molecular formula is C31H32N2O5. The average molecular weight is 513 g/mol. The maximum absolute atomic E-state index is 13.3. The van der Waals surface area contributed by atoms with Gasteiger partial charge in [0, 0.05) is 31.7 Å². The van der Waals surface area contributed by atoms with Gasteiger partial charge in [-0.25, -0.2) is 0 Å². The number of aliphatic hydroxyl groups is 1. The molecule has 0 aliphatic carbocycles. The molecule has 2 saturated heterocycles. The minimum Gasteiger partial charge on any atom is -0.507 e. The molecule has 1 atom stereocenters. The second kappa shape index (κ2) is 11.6. The summed E-state index contributed by atoms with van der Waals surface area (Å²) in [6.45, 7) is 6.37. The number of hydrogen-bond donors (Lipinski definition) is 1. The molecule has 196 valence electrons. The molecule has 0 radical (unpaired) electrons. The first kappa shape index (κ1) is 25.7. The lowest BCUT2D eigenvalue weighted by Crippen LogP contribution is -2.42. The van der Waals surface area contributed by atoms with Gasteiger partial charge in [0.15, 0.2) is 0 Å². The van der Waals surface area contributed by atoms with E-state index >= 15 is 0 Å². The van der Waals surface area contributed by atoms with Crippen molar-refractivity contribution in [3.8, 4) is 5.75 Å². The van der Waals surface area contributed by atoms with E-state index in [2.05, 4.69) is 11.0 Å². The van der Waals surface area contributed by atoms with Crippen molar-refractivity contribution in [1.29, 1.82) is 0 Å². The zero-order valence-electron chi connectivity index (χ0n) is 21.5. The van der Waals surface area contributed by atoms with Crippen molar-refractivity contribution in [3.05, 3.63) is 107 Å². The fraction of sp³-hybridized carbons (Fsp3) is 0.290. The molecular weight excluding hydrogens is 480 g/mol. The maximum Gasteiger partial charge on any atom is 0.295 e. The third-order valence-electron chi connectivity index (χ3n) is 7.03. The summed E-state index contributed by atoms with van der Waals surface area (Å²) in [5.41, 5.74) is 3.59. The number of nitrogens with zero attached hydrogens (tertiary/aromatic N) is 2. The molecule has 7 nitrogen and oxygen atoms in total. The summed E-state index contributed by atoms with van der Waals surface area (Å²) in [5, 5.41) is 11.3. The first-order valence-electron chi connectivity index (χ1n) is 12.9. The summed E-state index contributed by atoms with van der Waals surface area (Å²) in [6.07, 6.45) is 0. The van der Waals surface area contributed by atoms with Crippen LogP contribution in [0.1, 0.15) is 28.3 Å². The van der Waals surface area contributed by atoms with Gasteiger partial charge in [0.25, 0.3) is 11.7 Å². The second-order valence-electron chi connectivity index (χ2n) is 9.66. The lowest BCUT2D eigenvalue weighted by molar-refractivity contribution is -0.140. The maximum atomic E-state index is 13.3. The standard InChI is InChI=1S/C31H32N2O5/c1-22-6-5-7-23(20-22)21-38-26-12-10-25(11-13-26)29(34)27-28(24-8-3-2-4-9-24)33(31(36)30(27)35)15-14-32-16-18-37-19-17-32/h2-13,20,28,34H,14-19,21H2,1H3. The quantitative estimate of drug-likeness (QED) is 0.275. The first-order valence-corrected chi connectivity index (χ1v) is 12.9. The van der Waals surface area contributed by atoms with Gasteiger partial charge in [-0.3, -0.25) is 14.5 Å². The van der Waals surface area contributed by atoms with Crippen molar-refractivity contribution in [1.82, 2.24) is 9.80 Å². The van der Waals surface area contributed by atoms with Gasteiger partial charge in [-0.05, 0) is 42.3 Å². The van der Waals surface area contributed by atoms with E-state index in [-0.39, 0.29) is 11.3 Å². The molecule has 2 aliphatic rings. The monoisotopic (exact) mass is 512 g/mol. The molecule has 2 heterocycles. The number of aryl methyl sites for hydroxylation is 1. The smallest absolute Gasteiger partial charge is 0.295 e. The summed E-state index contributed by atoms with van der Waals surface area (Å²) >= 11 is 0. The number of morpholine rings is 1. The van der Waals surface area contributed by atoms with E-state index in [1.165, 1.54) is 5.56 Å². The Bertz CT molecular complexity index is 1310. The third-order valence-corrected chi connectivity index (χ3v) is 7.03.